The van der Waals surface area contributed by atoms with E-state index < -0.39 is 0 Å². The summed E-state index contributed by atoms with van der Waals surface area (Å²) in [6.07, 6.45) is 1.55. The average Bonchev–Trinajstić information content (AvgIpc) is 2.91. The maximum atomic E-state index is 5.17. The molecule has 2 aromatic rings. The Bertz CT molecular complexity index is 525. The quantitative estimate of drug-likeness (QED) is 0.633. The highest BCUT2D eigenvalue weighted by molar-refractivity contribution is 5.81. The molecule has 1 aromatic heterocycles. The number of tetrazole rings is 1. The van der Waals surface area contributed by atoms with Crippen LogP contribution in [0.25, 0.3) is 5.43 Å². The van der Waals surface area contributed by atoms with E-state index in [4.69, 9.17) is 9.47 Å². The second-order valence-corrected chi connectivity index (χ2v) is 3.17. The molecule has 0 saturated heterocycles. The average molecular weight is 247 g/mol. The summed E-state index contributed by atoms with van der Waals surface area (Å²) in [5.74, 6) is 1.46. The van der Waals surface area contributed by atoms with Crippen molar-refractivity contribution in [3.05, 3.63) is 29.2 Å². The van der Waals surface area contributed by atoms with Gasteiger partial charge in [-0.05, 0) is 23.8 Å². The number of H-pyrrole nitrogens is 1. The van der Waals surface area contributed by atoms with Gasteiger partial charge in [-0.25, -0.2) is 5.10 Å². The Morgan fingerprint density at radius 3 is 2.78 bits per heavy atom. The van der Waals surface area contributed by atoms with Gasteiger partial charge in [0, 0.05) is 6.21 Å². The van der Waals surface area contributed by atoms with E-state index in [-0.39, 0.29) is 5.95 Å². The zero-order valence-electron chi connectivity index (χ0n) is 9.86. The van der Waals surface area contributed by atoms with Gasteiger partial charge in [-0.3, -0.25) is 20.8 Å². The maximum absolute atomic E-state index is 5.17. The van der Waals surface area contributed by atoms with Crippen LogP contribution in [0.1, 0.15) is 5.56 Å². The fourth-order valence-electron chi connectivity index (χ4n) is 1.28. The van der Waals surface area contributed by atoms with Crippen molar-refractivity contribution in [1.82, 2.24) is 20.6 Å². The summed E-state index contributed by atoms with van der Waals surface area (Å²) in [6, 6.07) is 5.40. The van der Waals surface area contributed by atoms with Gasteiger partial charge in [0.25, 0.3) is 0 Å². The van der Waals surface area contributed by atoms with Crippen molar-refractivity contribution in [2.45, 2.75) is 0 Å². The highest BCUT2D eigenvalue weighted by Crippen LogP contribution is 2.26. The monoisotopic (exact) mass is 247 g/mol. The number of hydrogen-bond donors (Lipinski definition) is 1. The molecule has 0 spiro atoms. The van der Waals surface area contributed by atoms with Crippen LogP contribution in [0.3, 0.4) is 0 Å². The highest BCUT2D eigenvalue weighted by Gasteiger charge is 2.02. The molecule has 0 fully saturated rings. The molecule has 18 heavy (non-hydrogen) atoms. The van der Waals surface area contributed by atoms with Gasteiger partial charge in [-0.15, -0.1) is 5.21 Å². The number of hydrogen-bond acceptors (Lipinski definition) is 6. The number of methoxy groups -OCH3 is 2. The van der Waals surface area contributed by atoms with Crippen LogP contribution in [0.15, 0.2) is 23.3 Å². The van der Waals surface area contributed by atoms with Crippen LogP contribution in [0.4, 0.5) is 5.95 Å². The van der Waals surface area contributed by atoms with Crippen molar-refractivity contribution < 1.29 is 9.47 Å². The van der Waals surface area contributed by atoms with E-state index >= 15 is 0 Å². The first-order chi connectivity index (χ1) is 8.83. The zero-order valence-corrected chi connectivity index (χ0v) is 9.86. The van der Waals surface area contributed by atoms with Crippen molar-refractivity contribution in [2.75, 3.05) is 14.2 Å². The molecule has 1 aromatic carbocycles. The predicted molar refractivity (Wildman–Crippen MR) is 64.3 cm³/mol. The van der Waals surface area contributed by atoms with Gasteiger partial charge < -0.3 is 9.47 Å². The summed E-state index contributed by atoms with van der Waals surface area (Å²) >= 11 is 0. The molecule has 0 aliphatic rings. The Morgan fingerprint density at radius 2 is 2.11 bits per heavy atom. The lowest BCUT2D eigenvalue weighted by Crippen LogP contribution is -1.91. The number of ether oxygens (including phenoxy) is 2. The second kappa shape index (κ2) is 5.62. The van der Waals surface area contributed by atoms with Crippen molar-refractivity contribution in [2.24, 2.45) is 5.10 Å². The number of nitrogens with zero attached hydrogens (tertiary/aromatic N) is 5. The minimum Gasteiger partial charge on any atom is -0.493 e. The summed E-state index contributed by atoms with van der Waals surface area (Å²) in [7, 11) is 3.15. The van der Waals surface area contributed by atoms with Gasteiger partial charge in [-0.2, -0.15) is 0 Å². The third-order valence-electron chi connectivity index (χ3n) is 2.10. The van der Waals surface area contributed by atoms with Crippen molar-refractivity contribution >= 4 is 12.2 Å². The summed E-state index contributed by atoms with van der Waals surface area (Å²) in [4.78, 5) is 0. The second-order valence-electron chi connectivity index (χ2n) is 3.17. The molecule has 1 N–H and O–H groups in total. The van der Waals surface area contributed by atoms with Gasteiger partial charge in [-0.1, -0.05) is 0 Å². The molecule has 8 nitrogen and oxygen atoms in total. The standard InChI is InChI=1S/C10H11N6O2/c1-17-8-4-3-7(5-9(8)18-2)6-11-12-10-13-15-16-14-10/h3-6H,1-2H3,(H-,12,13,14,15,16)/q-1/b11-6-. The van der Waals surface area contributed by atoms with Crippen molar-refractivity contribution in [1.29, 1.82) is 0 Å². The van der Waals surface area contributed by atoms with Gasteiger partial charge in [0.15, 0.2) is 11.5 Å². The van der Waals surface area contributed by atoms with E-state index in [1.807, 2.05) is 6.07 Å². The van der Waals surface area contributed by atoms with E-state index in [2.05, 4.69) is 31.2 Å². The summed E-state index contributed by atoms with van der Waals surface area (Å²) in [6.45, 7) is 0. The van der Waals surface area contributed by atoms with Gasteiger partial charge in [0.05, 0.1) is 20.2 Å². The lowest BCUT2D eigenvalue weighted by molar-refractivity contribution is 0.355. The Labute approximate surface area is 103 Å². The number of rotatable bonds is 5. The van der Waals surface area contributed by atoms with E-state index in [0.717, 1.165) is 5.56 Å². The van der Waals surface area contributed by atoms with Gasteiger partial charge >= 0.3 is 0 Å². The van der Waals surface area contributed by atoms with Crippen molar-refractivity contribution in [3.63, 3.8) is 0 Å². The van der Waals surface area contributed by atoms with Crippen LogP contribution in [-0.4, -0.2) is 41.1 Å². The fraction of sp³-hybridized carbons (Fsp3) is 0.200. The molecule has 0 atom stereocenters. The van der Waals surface area contributed by atoms with Gasteiger partial charge in [0.2, 0.25) is 0 Å². The van der Waals surface area contributed by atoms with Crippen LogP contribution in [-0.2, 0) is 0 Å². The van der Waals surface area contributed by atoms with Crippen molar-refractivity contribution in [3.8, 4) is 11.5 Å². The largest absolute Gasteiger partial charge is 0.493 e. The van der Waals surface area contributed by atoms with Crippen LogP contribution < -0.4 is 9.47 Å². The van der Waals surface area contributed by atoms with Crippen LogP contribution in [0, 0.1) is 0 Å². The summed E-state index contributed by atoms with van der Waals surface area (Å²) < 4.78 is 10.3. The first-order valence-electron chi connectivity index (χ1n) is 5.03. The molecule has 0 amide bonds. The first-order valence-corrected chi connectivity index (χ1v) is 5.03. The zero-order chi connectivity index (χ0) is 12.8. The van der Waals surface area contributed by atoms with E-state index in [9.17, 15) is 0 Å². The maximum Gasteiger partial charge on any atom is 0.161 e. The fourth-order valence-corrected chi connectivity index (χ4v) is 1.28. The van der Waals surface area contributed by atoms with E-state index in [0.29, 0.717) is 11.5 Å². The topological polar surface area (TPSA) is 99.4 Å². The summed E-state index contributed by atoms with van der Waals surface area (Å²) in [5.41, 5.74) is 4.56. The molecule has 8 heteroatoms. The smallest absolute Gasteiger partial charge is 0.161 e. The SMILES string of the molecule is COc1ccc(/C=N\[N-]c2nn[nH]n2)cc1OC. The number of aromatic amines is 1. The molecule has 1 heterocycles. The molecule has 0 aliphatic heterocycles. The third-order valence-corrected chi connectivity index (χ3v) is 2.10. The predicted octanol–water partition coefficient (Wildman–Crippen LogP) is 1.26. The molecule has 0 radical (unpaired) electrons. The third kappa shape index (κ3) is 2.73. The Morgan fingerprint density at radius 1 is 1.28 bits per heavy atom. The molecule has 0 unspecified atom stereocenters. The molecule has 2 rings (SSSR count). The molecular weight excluding hydrogens is 236 g/mol. The van der Waals surface area contributed by atoms with E-state index in [1.165, 1.54) is 0 Å². The minimum atomic E-state index is 0.173. The lowest BCUT2D eigenvalue weighted by atomic mass is 10.2. The lowest BCUT2D eigenvalue weighted by Gasteiger charge is -2.07. The Hall–Kier alpha value is -2.64. The van der Waals surface area contributed by atoms with Crippen LogP contribution in [0.5, 0.6) is 11.5 Å². The molecule has 94 valence electrons. The first kappa shape index (κ1) is 11.8. The minimum absolute atomic E-state index is 0.173. The van der Waals surface area contributed by atoms with E-state index in [1.54, 1.807) is 32.6 Å². The molecule has 0 bridgehead atoms. The normalized spacial score (nSPS) is 10.6. The van der Waals surface area contributed by atoms with Crippen LogP contribution >= 0.6 is 0 Å². The highest BCUT2D eigenvalue weighted by atomic mass is 16.5. The number of benzene rings is 1. The molecule has 0 saturated carbocycles. The van der Waals surface area contributed by atoms with Gasteiger partial charge in [0.1, 0.15) is 0 Å². The summed E-state index contributed by atoms with van der Waals surface area (Å²) in [5, 5.41) is 16.7. The Balaban J connectivity index is 2.07. The van der Waals surface area contributed by atoms with Crippen LogP contribution in [0.2, 0.25) is 0 Å². The number of nitrogens with one attached hydrogen (secondary N) is 1. The number of aromatic nitrogens is 4. The Kier molecular flexibility index (Phi) is 3.69. The molecular formula is C10H11N6O2-. The molecule has 0 aliphatic carbocycles.